The third-order valence-corrected chi connectivity index (χ3v) is 1.29. The Morgan fingerprint density at radius 2 is 0.792 bits per heavy atom. The van der Waals surface area contributed by atoms with E-state index in [1.54, 1.807) is 0 Å². The van der Waals surface area contributed by atoms with Crippen molar-refractivity contribution in [2.75, 3.05) is 0 Å². The van der Waals surface area contributed by atoms with Gasteiger partial charge in [0.2, 0.25) is 0 Å². The summed E-state index contributed by atoms with van der Waals surface area (Å²) in [5.41, 5.74) is -2.74. The molecule has 0 aromatic heterocycles. The van der Waals surface area contributed by atoms with Crippen LogP contribution < -0.4 is 24.8 Å². The van der Waals surface area contributed by atoms with Crippen molar-refractivity contribution in [3.63, 3.8) is 0 Å². The van der Waals surface area contributed by atoms with E-state index in [1.165, 1.54) is 0 Å². The number of halogens is 2. The zero-order valence-electron chi connectivity index (χ0n) is 11.9. The van der Waals surface area contributed by atoms with Crippen LogP contribution in [0.1, 0.15) is 12.8 Å². The van der Waals surface area contributed by atoms with Gasteiger partial charge in [0.15, 0.2) is 5.60 Å². The van der Waals surface area contributed by atoms with E-state index in [2.05, 4.69) is 0 Å². The molecular weight excluding hydrogens is 423 g/mol. The molecule has 0 aliphatic heterocycles. The molecule has 0 amide bonds. The molecule has 0 heterocycles. The fourth-order valence-electron chi connectivity index (χ4n) is 0.714. The summed E-state index contributed by atoms with van der Waals surface area (Å²) in [5.74, 6) is -5.02. The van der Waals surface area contributed by atoms with Crippen LogP contribution in [0.25, 0.3) is 0 Å². The van der Waals surface area contributed by atoms with Crippen LogP contribution in [0.5, 0.6) is 0 Å². The van der Waals surface area contributed by atoms with Crippen molar-refractivity contribution in [3.05, 3.63) is 0 Å². The van der Waals surface area contributed by atoms with Gasteiger partial charge in [0.25, 0.3) is 0 Å². The van der Waals surface area contributed by atoms with E-state index in [4.69, 9.17) is 20.4 Å². The fourth-order valence-corrected chi connectivity index (χ4v) is 0.714. The van der Waals surface area contributed by atoms with E-state index in [0.29, 0.717) is 0 Å². The Morgan fingerprint density at radius 1 is 0.625 bits per heavy atom. The SMILES string of the molecule is O.O.O.O.O.O.O.O.O=C(O)CC(O)(CC(=O)O)C(=O)O.[Ca+2].[Cl-].[Cl-]. The fraction of sp³-hybridized carbons (Fsp3) is 0.500. The molecule has 0 fully saturated rings. The standard InChI is InChI=1S/C6H8O7.Ca.2ClH.8H2O/c7-3(8)1-6(13,5(11)12)2-4(9)10;;;;;;;;;;;/h13H,1-2H2,(H,7,8)(H,9,10)(H,11,12);;2*1H;8*1H2/q;+2;;;;;;;;;;/p-2. The van der Waals surface area contributed by atoms with E-state index in [1.807, 2.05) is 0 Å². The first-order valence-electron chi connectivity index (χ1n) is 3.17. The molecular formula is C6H24CaCl2O15. The predicted molar refractivity (Wildman–Crippen MR) is 71.8 cm³/mol. The Bertz CT molecular complexity index is 248. The van der Waals surface area contributed by atoms with Crippen molar-refractivity contribution >= 4 is 55.6 Å². The normalized spacial score (nSPS) is 5.88. The second-order valence-electron chi connectivity index (χ2n) is 2.48. The average molecular weight is 447 g/mol. The maximum atomic E-state index is 10.3. The summed E-state index contributed by atoms with van der Waals surface area (Å²) < 4.78 is 0. The Kier molecular flexibility index (Phi) is 142. The molecule has 0 aromatic carbocycles. The van der Waals surface area contributed by atoms with E-state index < -0.39 is 36.4 Å². The smallest absolute Gasteiger partial charge is 1.00 e. The van der Waals surface area contributed by atoms with E-state index in [0.717, 1.165) is 0 Å². The minimum atomic E-state index is -2.74. The minimum absolute atomic E-state index is 0. The molecule has 0 saturated heterocycles. The largest absolute Gasteiger partial charge is 2.00 e. The van der Waals surface area contributed by atoms with Crippen molar-refractivity contribution in [1.82, 2.24) is 0 Å². The number of carboxylic acids is 3. The monoisotopic (exact) mass is 446 g/mol. The quantitative estimate of drug-likeness (QED) is 0.294. The van der Waals surface area contributed by atoms with Crippen LogP contribution in [0.15, 0.2) is 0 Å². The van der Waals surface area contributed by atoms with Gasteiger partial charge in [0.1, 0.15) is 0 Å². The number of carboxylic acid groups (broad SMARTS) is 3. The Labute approximate surface area is 176 Å². The predicted octanol–water partition coefficient (Wildman–Crippen LogP) is -14.2. The molecule has 18 heteroatoms. The van der Waals surface area contributed by atoms with E-state index in [9.17, 15) is 14.4 Å². The molecule has 0 aliphatic rings. The molecule has 20 N–H and O–H groups in total. The van der Waals surface area contributed by atoms with Crippen LogP contribution in [0.4, 0.5) is 0 Å². The van der Waals surface area contributed by atoms with Crippen LogP contribution in [-0.4, -0.2) is 125 Å². The molecule has 0 aromatic rings. The van der Waals surface area contributed by atoms with Crippen molar-refractivity contribution in [2.45, 2.75) is 18.4 Å². The molecule has 0 atom stereocenters. The van der Waals surface area contributed by atoms with Gasteiger partial charge >= 0.3 is 55.6 Å². The molecule has 0 radical (unpaired) electrons. The van der Waals surface area contributed by atoms with Gasteiger partial charge in [0, 0.05) is 0 Å². The molecule has 15 nitrogen and oxygen atoms in total. The Hall–Kier alpha value is -0.110. The Morgan fingerprint density at radius 3 is 0.875 bits per heavy atom. The van der Waals surface area contributed by atoms with Gasteiger partial charge in [-0.25, -0.2) is 4.79 Å². The number of rotatable bonds is 5. The molecule has 24 heavy (non-hydrogen) atoms. The van der Waals surface area contributed by atoms with Gasteiger partial charge in [0.05, 0.1) is 12.8 Å². The van der Waals surface area contributed by atoms with Crippen molar-refractivity contribution in [3.8, 4) is 0 Å². The van der Waals surface area contributed by atoms with Crippen molar-refractivity contribution in [2.24, 2.45) is 0 Å². The number of hydrogen-bond donors (Lipinski definition) is 4. The van der Waals surface area contributed by atoms with E-state index in [-0.39, 0.29) is 106 Å². The molecule has 0 rings (SSSR count). The molecule has 0 saturated carbocycles. The summed E-state index contributed by atoms with van der Waals surface area (Å²) in [5, 5.41) is 33.8. The van der Waals surface area contributed by atoms with Gasteiger partial charge in [-0.05, 0) is 0 Å². The third kappa shape index (κ3) is 37.8. The number of aliphatic hydroxyl groups is 1. The molecule has 154 valence electrons. The molecule has 0 aliphatic carbocycles. The summed E-state index contributed by atoms with van der Waals surface area (Å²) in [6.07, 6.45) is -2.29. The maximum absolute atomic E-state index is 10.3. The number of carbonyl (C=O) groups is 3. The summed E-state index contributed by atoms with van der Waals surface area (Å²) in [7, 11) is 0. The molecule has 0 bridgehead atoms. The summed E-state index contributed by atoms with van der Waals surface area (Å²) >= 11 is 0. The zero-order chi connectivity index (χ0) is 10.6. The second-order valence-corrected chi connectivity index (χ2v) is 2.48. The van der Waals surface area contributed by atoms with Gasteiger partial charge < -0.3 is 89.0 Å². The topological polar surface area (TPSA) is 384 Å². The minimum Gasteiger partial charge on any atom is -1.00 e. The number of aliphatic carboxylic acids is 3. The van der Waals surface area contributed by atoms with E-state index >= 15 is 0 Å². The first-order valence-corrected chi connectivity index (χ1v) is 3.17. The van der Waals surface area contributed by atoms with Gasteiger partial charge in [-0.2, -0.15) is 0 Å². The van der Waals surface area contributed by atoms with Crippen LogP contribution in [0.2, 0.25) is 0 Å². The number of hydrogen-bond acceptors (Lipinski definition) is 4. The summed E-state index contributed by atoms with van der Waals surface area (Å²) in [6.45, 7) is 0. The van der Waals surface area contributed by atoms with Crippen molar-refractivity contribution < 1.29 is 103 Å². The average Bonchev–Trinajstić information content (AvgIpc) is 1.82. The molecule has 0 spiro atoms. The van der Waals surface area contributed by atoms with Gasteiger partial charge in [-0.3, -0.25) is 9.59 Å². The van der Waals surface area contributed by atoms with Crippen LogP contribution >= 0.6 is 0 Å². The first-order chi connectivity index (χ1) is 5.78. The second kappa shape index (κ2) is 38.4. The van der Waals surface area contributed by atoms with Crippen LogP contribution in [0.3, 0.4) is 0 Å². The Balaban J connectivity index is -0.0000000131. The third-order valence-electron chi connectivity index (χ3n) is 1.29. The van der Waals surface area contributed by atoms with Crippen LogP contribution in [-0.2, 0) is 14.4 Å². The summed E-state index contributed by atoms with van der Waals surface area (Å²) in [4.78, 5) is 30.5. The van der Waals surface area contributed by atoms with Gasteiger partial charge in [-0.15, -0.1) is 0 Å². The van der Waals surface area contributed by atoms with Gasteiger partial charge in [-0.1, -0.05) is 0 Å². The molecule has 0 unspecified atom stereocenters. The first kappa shape index (κ1) is 88.5. The zero-order valence-corrected chi connectivity index (χ0v) is 15.6. The van der Waals surface area contributed by atoms with Crippen LogP contribution in [0, 0.1) is 0 Å². The maximum Gasteiger partial charge on any atom is 2.00 e. The summed E-state index contributed by atoms with van der Waals surface area (Å²) in [6, 6.07) is 0. The van der Waals surface area contributed by atoms with Crippen molar-refractivity contribution in [1.29, 1.82) is 0 Å².